The molecular formula is C37H25NS. The molecule has 1 nitrogen and oxygen atoms in total. The van der Waals surface area contributed by atoms with E-state index in [2.05, 4.69) is 145 Å². The second-order valence-corrected chi connectivity index (χ2v) is 11.3. The number of para-hydroxylation sites is 1. The van der Waals surface area contributed by atoms with Crippen molar-refractivity contribution in [3.63, 3.8) is 0 Å². The predicted molar refractivity (Wildman–Crippen MR) is 169 cm³/mol. The van der Waals surface area contributed by atoms with Gasteiger partial charge >= 0.3 is 0 Å². The molecule has 0 aliphatic rings. The minimum Gasteiger partial charge on any atom is -0.309 e. The van der Waals surface area contributed by atoms with Gasteiger partial charge in [-0.3, -0.25) is 0 Å². The molecule has 0 amide bonds. The van der Waals surface area contributed by atoms with Gasteiger partial charge in [-0.05, 0) is 77.2 Å². The van der Waals surface area contributed by atoms with E-state index in [4.69, 9.17) is 0 Å². The van der Waals surface area contributed by atoms with Crippen LogP contribution in [-0.2, 0) is 0 Å². The van der Waals surface area contributed by atoms with E-state index in [1.54, 1.807) is 0 Å². The van der Waals surface area contributed by atoms with Gasteiger partial charge in [0.2, 0.25) is 0 Å². The van der Waals surface area contributed by atoms with E-state index in [0.717, 1.165) is 0 Å². The first-order valence-electron chi connectivity index (χ1n) is 13.4. The molecular weight excluding hydrogens is 490 g/mol. The highest BCUT2D eigenvalue weighted by Crippen LogP contribution is 2.41. The first-order chi connectivity index (χ1) is 19.3. The van der Waals surface area contributed by atoms with Gasteiger partial charge in [-0.25, -0.2) is 0 Å². The van der Waals surface area contributed by atoms with E-state index in [0.29, 0.717) is 0 Å². The number of aromatic nitrogens is 1. The molecule has 0 aliphatic carbocycles. The van der Waals surface area contributed by atoms with Gasteiger partial charge in [0.05, 0.1) is 11.0 Å². The van der Waals surface area contributed by atoms with E-state index in [1.807, 2.05) is 11.3 Å². The second-order valence-electron chi connectivity index (χ2n) is 10.2. The standard InChI is InChI=1S/C37H25NS/c1-24-9-6-16-33-36(24)30-12-2-4-15-32(30)38(33)28-21-19-25(20-22-28)26-10-7-11-27(23-26)29-14-8-18-35-37(29)31-13-3-5-17-34(31)39-35/h2-23H,1H3. The maximum Gasteiger partial charge on any atom is 0.0543 e. The third-order valence-corrected chi connectivity index (χ3v) is 9.08. The van der Waals surface area contributed by atoms with Crippen molar-refractivity contribution in [1.29, 1.82) is 0 Å². The van der Waals surface area contributed by atoms with Crippen LogP contribution in [-0.4, -0.2) is 4.57 Å². The summed E-state index contributed by atoms with van der Waals surface area (Å²) in [4.78, 5) is 0. The van der Waals surface area contributed by atoms with Crippen molar-refractivity contribution < 1.29 is 0 Å². The molecule has 2 heterocycles. The van der Waals surface area contributed by atoms with Crippen LogP contribution in [0.5, 0.6) is 0 Å². The zero-order valence-corrected chi connectivity index (χ0v) is 22.4. The van der Waals surface area contributed by atoms with Gasteiger partial charge in [-0.15, -0.1) is 11.3 Å². The van der Waals surface area contributed by atoms with Crippen LogP contribution >= 0.6 is 11.3 Å². The van der Waals surface area contributed by atoms with Crippen LogP contribution in [0.2, 0.25) is 0 Å². The van der Waals surface area contributed by atoms with Crippen LogP contribution in [0.3, 0.4) is 0 Å². The molecule has 2 heteroatoms. The van der Waals surface area contributed by atoms with Gasteiger partial charge in [0.25, 0.3) is 0 Å². The third kappa shape index (κ3) is 3.46. The maximum absolute atomic E-state index is 2.39. The van der Waals surface area contributed by atoms with E-state index in [-0.39, 0.29) is 0 Å². The Balaban J connectivity index is 1.24. The quantitative estimate of drug-likeness (QED) is 0.220. The van der Waals surface area contributed by atoms with Crippen LogP contribution in [0.1, 0.15) is 5.56 Å². The number of hydrogen-bond donors (Lipinski definition) is 0. The summed E-state index contributed by atoms with van der Waals surface area (Å²) in [6, 6.07) is 48.7. The Morgan fingerprint density at radius 1 is 0.487 bits per heavy atom. The lowest BCUT2D eigenvalue weighted by Crippen LogP contribution is -1.93. The summed E-state index contributed by atoms with van der Waals surface area (Å²) in [5.41, 5.74) is 9.99. The number of hydrogen-bond acceptors (Lipinski definition) is 1. The number of thiophene rings is 1. The van der Waals surface area contributed by atoms with Crippen LogP contribution < -0.4 is 0 Å². The van der Waals surface area contributed by atoms with E-state index >= 15 is 0 Å². The SMILES string of the molecule is Cc1cccc2c1c1ccccc1n2-c1ccc(-c2cccc(-c3cccc4sc5ccccc5c34)c2)cc1. The van der Waals surface area contributed by atoms with Gasteiger partial charge in [-0.1, -0.05) is 91.0 Å². The van der Waals surface area contributed by atoms with Crippen LogP contribution in [0.15, 0.2) is 133 Å². The summed E-state index contributed by atoms with van der Waals surface area (Å²) in [5.74, 6) is 0. The highest BCUT2D eigenvalue weighted by molar-refractivity contribution is 7.25. The lowest BCUT2D eigenvalue weighted by Gasteiger charge is -2.11. The average Bonchev–Trinajstić information content (AvgIpc) is 3.54. The Morgan fingerprint density at radius 3 is 2.08 bits per heavy atom. The molecule has 0 unspecified atom stereocenters. The molecule has 0 bridgehead atoms. The predicted octanol–water partition coefficient (Wildman–Crippen LogP) is 10.8. The van der Waals surface area contributed by atoms with Crippen molar-refractivity contribution >= 4 is 53.3 Å². The molecule has 0 atom stereocenters. The Labute approximate surface area is 231 Å². The molecule has 0 fully saturated rings. The Morgan fingerprint density at radius 2 is 1.18 bits per heavy atom. The van der Waals surface area contributed by atoms with Gasteiger partial charge in [0.1, 0.15) is 0 Å². The van der Waals surface area contributed by atoms with Crippen molar-refractivity contribution in [3.05, 3.63) is 139 Å². The van der Waals surface area contributed by atoms with Gasteiger partial charge in [0.15, 0.2) is 0 Å². The molecule has 0 aliphatic heterocycles. The molecule has 6 aromatic carbocycles. The normalized spacial score (nSPS) is 11.7. The highest BCUT2D eigenvalue weighted by atomic mass is 32.1. The molecule has 184 valence electrons. The summed E-state index contributed by atoms with van der Waals surface area (Å²) >= 11 is 1.87. The van der Waals surface area contributed by atoms with Crippen LogP contribution in [0.25, 0.3) is 69.9 Å². The molecule has 0 radical (unpaired) electrons. The molecule has 0 saturated carbocycles. The van der Waals surface area contributed by atoms with E-state index < -0.39 is 0 Å². The zero-order chi connectivity index (χ0) is 25.9. The van der Waals surface area contributed by atoms with Crippen molar-refractivity contribution in [3.8, 4) is 27.9 Å². The smallest absolute Gasteiger partial charge is 0.0543 e. The molecule has 0 saturated heterocycles. The minimum absolute atomic E-state index is 1.18. The average molecular weight is 516 g/mol. The zero-order valence-electron chi connectivity index (χ0n) is 21.6. The molecule has 2 aromatic heterocycles. The number of fused-ring (bicyclic) bond motifs is 6. The molecule has 8 aromatic rings. The highest BCUT2D eigenvalue weighted by Gasteiger charge is 2.14. The lowest BCUT2D eigenvalue weighted by molar-refractivity contribution is 1.18. The largest absolute Gasteiger partial charge is 0.309 e. The first kappa shape index (κ1) is 22.3. The van der Waals surface area contributed by atoms with Crippen molar-refractivity contribution in [2.24, 2.45) is 0 Å². The Hall–Kier alpha value is -4.66. The summed E-state index contributed by atoms with van der Waals surface area (Å²) in [7, 11) is 0. The molecule has 39 heavy (non-hydrogen) atoms. The summed E-state index contributed by atoms with van der Waals surface area (Å²) in [6.07, 6.45) is 0. The molecule has 0 N–H and O–H groups in total. The minimum atomic E-state index is 1.18. The summed E-state index contributed by atoms with van der Waals surface area (Å²) in [6.45, 7) is 2.20. The summed E-state index contributed by atoms with van der Waals surface area (Å²) in [5, 5.41) is 5.33. The van der Waals surface area contributed by atoms with Crippen LogP contribution in [0, 0.1) is 6.92 Å². The summed E-state index contributed by atoms with van der Waals surface area (Å²) < 4.78 is 5.07. The molecule has 8 rings (SSSR count). The maximum atomic E-state index is 2.39. The van der Waals surface area contributed by atoms with Crippen molar-refractivity contribution in [2.45, 2.75) is 6.92 Å². The van der Waals surface area contributed by atoms with Gasteiger partial charge < -0.3 is 4.57 Å². The monoisotopic (exact) mass is 515 g/mol. The fraction of sp³-hybridized carbons (Fsp3) is 0.0270. The lowest BCUT2D eigenvalue weighted by atomic mass is 9.96. The number of nitrogens with zero attached hydrogens (tertiary/aromatic N) is 1. The van der Waals surface area contributed by atoms with E-state index in [1.165, 1.54) is 75.5 Å². The van der Waals surface area contributed by atoms with Crippen molar-refractivity contribution in [2.75, 3.05) is 0 Å². The molecule has 0 spiro atoms. The first-order valence-corrected chi connectivity index (χ1v) is 14.2. The third-order valence-electron chi connectivity index (χ3n) is 7.94. The Kier molecular flexibility index (Phi) is 4.98. The van der Waals surface area contributed by atoms with Crippen LogP contribution in [0.4, 0.5) is 0 Å². The number of benzene rings is 6. The number of aryl methyl sites for hydroxylation is 1. The fourth-order valence-corrected chi connectivity index (χ4v) is 7.29. The van der Waals surface area contributed by atoms with E-state index in [9.17, 15) is 0 Å². The topological polar surface area (TPSA) is 4.93 Å². The van der Waals surface area contributed by atoms with Gasteiger partial charge in [0, 0.05) is 36.6 Å². The second kappa shape index (κ2) is 8.69. The Bertz CT molecular complexity index is 2180. The van der Waals surface area contributed by atoms with Crippen molar-refractivity contribution in [1.82, 2.24) is 4.57 Å². The fourth-order valence-electron chi connectivity index (χ4n) is 6.16. The van der Waals surface area contributed by atoms with Gasteiger partial charge in [-0.2, -0.15) is 0 Å². The number of rotatable bonds is 3.